The first-order valence-electron chi connectivity index (χ1n) is 11.6. The number of benzene rings is 1. The minimum absolute atomic E-state index is 0. The van der Waals surface area contributed by atoms with Crippen LogP contribution in [0.2, 0.25) is 0 Å². The maximum atomic E-state index is 6.07. The second-order valence-corrected chi connectivity index (χ2v) is 8.83. The fourth-order valence-corrected chi connectivity index (χ4v) is 5.07. The highest BCUT2D eigenvalue weighted by atomic mass is 127. The Labute approximate surface area is 203 Å². The summed E-state index contributed by atoms with van der Waals surface area (Å²) in [5.74, 6) is 0.880. The molecule has 1 heterocycles. The van der Waals surface area contributed by atoms with Gasteiger partial charge in [0.05, 0.1) is 18.8 Å². The average Bonchev–Trinajstić information content (AvgIpc) is 2.73. The number of rotatable bonds is 8. The molecule has 3 aliphatic rings. The SMILES string of the molecule is CCOC1CC(NC(=NC)NCc2cccc(COC3CCOCC3)c2)C12CCC2.I. The van der Waals surface area contributed by atoms with Crippen molar-refractivity contribution < 1.29 is 14.2 Å². The molecule has 2 aliphatic carbocycles. The third-order valence-electron chi connectivity index (χ3n) is 7.08. The van der Waals surface area contributed by atoms with E-state index >= 15 is 0 Å². The van der Waals surface area contributed by atoms with Gasteiger partial charge in [0.1, 0.15) is 0 Å². The summed E-state index contributed by atoms with van der Waals surface area (Å²) in [5.41, 5.74) is 2.79. The van der Waals surface area contributed by atoms with Gasteiger partial charge in [0.15, 0.2) is 5.96 Å². The molecule has 7 heteroatoms. The molecule has 2 unspecified atom stereocenters. The van der Waals surface area contributed by atoms with Crippen molar-refractivity contribution in [3.63, 3.8) is 0 Å². The van der Waals surface area contributed by atoms with Gasteiger partial charge in [0, 0.05) is 44.9 Å². The molecule has 1 aromatic carbocycles. The van der Waals surface area contributed by atoms with E-state index < -0.39 is 0 Å². The van der Waals surface area contributed by atoms with Gasteiger partial charge in [-0.25, -0.2) is 0 Å². The standard InChI is InChI=1S/C24H37N3O3.HI/c1-3-29-22-15-21(24(22)10-5-11-24)27-23(25-2)26-16-18-6-4-7-19(14-18)17-30-20-8-12-28-13-9-20;/h4,6-7,14,20-22H,3,5,8-13,15-17H2,1-2H3,(H2,25,26,27);1H. The van der Waals surface area contributed by atoms with Crippen LogP contribution >= 0.6 is 24.0 Å². The Bertz CT molecular complexity index is 720. The maximum absolute atomic E-state index is 6.07. The lowest BCUT2D eigenvalue weighted by Gasteiger charge is -2.61. The van der Waals surface area contributed by atoms with Crippen LogP contribution in [0.25, 0.3) is 0 Å². The second kappa shape index (κ2) is 11.8. The van der Waals surface area contributed by atoms with Gasteiger partial charge in [-0.15, -0.1) is 24.0 Å². The average molecular weight is 543 g/mol. The van der Waals surface area contributed by atoms with Crippen molar-refractivity contribution >= 4 is 29.9 Å². The van der Waals surface area contributed by atoms with Crippen LogP contribution in [0.15, 0.2) is 29.3 Å². The lowest BCUT2D eigenvalue weighted by atomic mass is 9.51. The predicted octanol–water partition coefficient (Wildman–Crippen LogP) is 4.01. The summed E-state index contributed by atoms with van der Waals surface area (Å²) in [7, 11) is 1.85. The van der Waals surface area contributed by atoms with Crippen LogP contribution in [0.3, 0.4) is 0 Å². The highest BCUT2D eigenvalue weighted by molar-refractivity contribution is 14.0. The van der Waals surface area contributed by atoms with E-state index in [9.17, 15) is 0 Å². The van der Waals surface area contributed by atoms with E-state index in [1.807, 2.05) is 7.05 Å². The third kappa shape index (κ3) is 5.92. The van der Waals surface area contributed by atoms with Crippen molar-refractivity contribution in [2.75, 3.05) is 26.9 Å². The lowest BCUT2D eigenvalue weighted by Crippen LogP contribution is -2.68. The second-order valence-electron chi connectivity index (χ2n) is 8.83. The van der Waals surface area contributed by atoms with Crippen LogP contribution in [0.1, 0.15) is 56.6 Å². The molecule has 3 fully saturated rings. The third-order valence-corrected chi connectivity index (χ3v) is 7.08. The molecule has 174 valence electrons. The zero-order chi connectivity index (χ0) is 20.8. The smallest absolute Gasteiger partial charge is 0.191 e. The molecule has 31 heavy (non-hydrogen) atoms. The van der Waals surface area contributed by atoms with Gasteiger partial charge in [-0.1, -0.05) is 30.7 Å². The van der Waals surface area contributed by atoms with Crippen molar-refractivity contribution in [3.05, 3.63) is 35.4 Å². The van der Waals surface area contributed by atoms with Crippen LogP contribution in [0.5, 0.6) is 0 Å². The van der Waals surface area contributed by atoms with Gasteiger partial charge in [-0.05, 0) is 50.2 Å². The molecular formula is C24H38IN3O3. The number of aliphatic imine (C=N–C) groups is 1. The molecule has 0 amide bonds. The number of nitrogens with zero attached hydrogens (tertiary/aromatic N) is 1. The Kier molecular flexibility index (Phi) is 9.43. The molecule has 2 N–H and O–H groups in total. The van der Waals surface area contributed by atoms with E-state index in [-0.39, 0.29) is 24.0 Å². The van der Waals surface area contributed by atoms with Gasteiger partial charge in [-0.2, -0.15) is 0 Å². The molecule has 0 bridgehead atoms. The fraction of sp³-hybridized carbons (Fsp3) is 0.708. The van der Waals surface area contributed by atoms with Gasteiger partial charge in [-0.3, -0.25) is 4.99 Å². The molecule has 1 saturated heterocycles. The minimum atomic E-state index is 0. The van der Waals surface area contributed by atoms with Gasteiger partial charge >= 0.3 is 0 Å². The van der Waals surface area contributed by atoms with Crippen LogP contribution in [-0.4, -0.2) is 51.1 Å². The van der Waals surface area contributed by atoms with Gasteiger partial charge in [0.2, 0.25) is 0 Å². The van der Waals surface area contributed by atoms with E-state index in [1.54, 1.807) is 0 Å². The van der Waals surface area contributed by atoms with Crippen molar-refractivity contribution in [2.24, 2.45) is 10.4 Å². The van der Waals surface area contributed by atoms with Crippen molar-refractivity contribution in [3.8, 4) is 0 Å². The van der Waals surface area contributed by atoms with Crippen molar-refractivity contribution in [2.45, 2.75) is 76.9 Å². The zero-order valence-corrected chi connectivity index (χ0v) is 21.2. The van der Waals surface area contributed by atoms with E-state index in [2.05, 4.69) is 46.8 Å². The highest BCUT2D eigenvalue weighted by Gasteiger charge is 2.59. The Morgan fingerprint density at radius 3 is 2.65 bits per heavy atom. The van der Waals surface area contributed by atoms with Crippen LogP contribution < -0.4 is 10.6 Å². The number of nitrogens with one attached hydrogen (secondary N) is 2. The molecule has 0 aromatic heterocycles. The first-order valence-corrected chi connectivity index (χ1v) is 11.6. The summed E-state index contributed by atoms with van der Waals surface area (Å²) >= 11 is 0. The van der Waals surface area contributed by atoms with Crippen LogP contribution in [0, 0.1) is 5.41 Å². The Balaban J connectivity index is 0.00000272. The number of hydrogen-bond acceptors (Lipinski definition) is 4. The van der Waals surface area contributed by atoms with Gasteiger partial charge in [0.25, 0.3) is 0 Å². The Hall–Kier alpha value is -0.900. The Morgan fingerprint density at radius 2 is 1.97 bits per heavy atom. The molecule has 1 aliphatic heterocycles. The first kappa shape index (κ1) is 24.7. The normalized spacial score (nSPS) is 25.3. The van der Waals surface area contributed by atoms with E-state index in [0.29, 0.717) is 30.3 Å². The molecular weight excluding hydrogens is 505 g/mol. The number of guanidine groups is 1. The van der Waals surface area contributed by atoms with E-state index in [0.717, 1.165) is 51.6 Å². The van der Waals surface area contributed by atoms with Gasteiger partial charge < -0.3 is 24.8 Å². The molecule has 4 rings (SSSR count). The largest absolute Gasteiger partial charge is 0.381 e. The summed E-state index contributed by atoms with van der Waals surface area (Å²) in [6, 6.07) is 9.09. The maximum Gasteiger partial charge on any atom is 0.191 e. The molecule has 2 saturated carbocycles. The molecule has 0 radical (unpaired) electrons. The summed E-state index contributed by atoms with van der Waals surface area (Å²) in [6.07, 6.45) is 7.66. The van der Waals surface area contributed by atoms with Crippen molar-refractivity contribution in [1.29, 1.82) is 0 Å². The number of ether oxygens (including phenoxy) is 3. The summed E-state index contributed by atoms with van der Waals surface area (Å²) in [5, 5.41) is 7.15. The number of hydrogen-bond donors (Lipinski definition) is 2. The summed E-state index contributed by atoms with van der Waals surface area (Å²) in [6.45, 7) is 5.94. The molecule has 1 aromatic rings. The fourth-order valence-electron chi connectivity index (χ4n) is 5.07. The van der Waals surface area contributed by atoms with Crippen LogP contribution in [-0.2, 0) is 27.4 Å². The Morgan fingerprint density at radius 1 is 1.19 bits per heavy atom. The summed E-state index contributed by atoms with van der Waals surface area (Å²) < 4.78 is 17.4. The first-order chi connectivity index (χ1) is 14.7. The van der Waals surface area contributed by atoms with E-state index in [4.69, 9.17) is 14.2 Å². The van der Waals surface area contributed by atoms with Crippen LogP contribution in [0.4, 0.5) is 0 Å². The monoisotopic (exact) mass is 543 g/mol. The minimum Gasteiger partial charge on any atom is -0.381 e. The highest BCUT2D eigenvalue weighted by Crippen LogP contribution is 2.57. The van der Waals surface area contributed by atoms with E-state index in [1.165, 1.54) is 30.4 Å². The predicted molar refractivity (Wildman–Crippen MR) is 134 cm³/mol. The molecule has 1 spiro atoms. The molecule has 6 nitrogen and oxygen atoms in total. The topological polar surface area (TPSA) is 64.1 Å². The summed E-state index contributed by atoms with van der Waals surface area (Å²) in [4.78, 5) is 4.46. The van der Waals surface area contributed by atoms with Crippen molar-refractivity contribution in [1.82, 2.24) is 10.6 Å². The quantitative estimate of drug-likeness (QED) is 0.295. The lowest BCUT2D eigenvalue weighted by molar-refractivity contribution is -0.168. The molecule has 2 atom stereocenters. The zero-order valence-electron chi connectivity index (χ0n) is 18.9. The number of halogens is 1.